The van der Waals surface area contributed by atoms with Gasteiger partial charge in [0.25, 0.3) is 0 Å². The molecule has 2 heterocycles. The predicted molar refractivity (Wildman–Crippen MR) is 57.8 cm³/mol. The molecule has 0 bridgehead atoms. The zero-order valence-electron chi connectivity index (χ0n) is 10.2. The van der Waals surface area contributed by atoms with E-state index in [2.05, 4.69) is 5.32 Å². The molecule has 0 aromatic rings. The Morgan fingerprint density at radius 3 is 2.00 bits per heavy atom. The van der Waals surface area contributed by atoms with Crippen LogP contribution in [0.3, 0.4) is 0 Å². The van der Waals surface area contributed by atoms with Crippen molar-refractivity contribution < 1.29 is 37.8 Å². The SMILES string of the molecule is O=C(O)C(F)(F)F.O=C(O)C1CC(=O)N(C2CNC2)C1. The van der Waals surface area contributed by atoms with E-state index >= 15 is 0 Å². The molecule has 2 aliphatic heterocycles. The van der Waals surface area contributed by atoms with Crippen molar-refractivity contribution in [2.75, 3.05) is 19.6 Å². The number of nitrogens with zero attached hydrogens (tertiary/aromatic N) is 1. The smallest absolute Gasteiger partial charge is 0.481 e. The van der Waals surface area contributed by atoms with Gasteiger partial charge in [0, 0.05) is 26.1 Å². The molecule has 1 unspecified atom stereocenters. The standard InChI is InChI=1S/C8H12N2O3.C2HF3O2/c11-7-1-5(8(12)13)4-10(7)6-2-9-3-6;3-2(4,5)1(6)7/h5-6,9H,1-4H2,(H,12,13);(H,6,7). The number of alkyl halides is 3. The molecule has 0 saturated carbocycles. The average Bonchev–Trinajstić information content (AvgIpc) is 2.58. The van der Waals surface area contributed by atoms with Crippen LogP contribution < -0.4 is 5.32 Å². The maximum absolute atomic E-state index is 11.4. The number of nitrogens with one attached hydrogen (secondary N) is 1. The highest BCUT2D eigenvalue weighted by molar-refractivity contribution is 5.86. The van der Waals surface area contributed by atoms with E-state index in [4.69, 9.17) is 15.0 Å². The molecule has 0 aliphatic carbocycles. The molecule has 10 heteroatoms. The Balaban J connectivity index is 0.000000246. The fourth-order valence-electron chi connectivity index (χ4n) is 1.74. The Hall–Kier alpha value is -1.84. The minimum atomic E-state index is -5.08. The molecule has 2 saturated heterocycles. The minimum absolute atomic E-state index is 0.0149. The summed E-state index contributed by atoms with van der Waals surface area (Å²) < 4.78 is 31.7. The Morgan fingerprint density at radius 1 is 1.25 bits per heavy atom. The van der Waals surface area contributed by atoms with Gasteiger partial charge in [0.2, 0.25) is 5.91 Å². The lowest BCUT2D eigenvalue weighted by Crippen LogP contribution is -2.57. The normalized spacial score (nSPS) is 22.9. The molecule has 20 heavy (non-hydrogen) atoms. The number of amides is 1. The molecule has 1 atom stereocenters. The number of aliphatic carboxylic acids is 2. The topological polar surface area (TPSA) is 107 Å². The molecule has 0 spiro atoms. The van der Waals surface area contributed by atoms with Crippen molar-refractivity contribution in [3.63, 3.8) is 0 Å². The highest BCUT2D eigenvalue weighted by Gasteiger charge is 2.39. The van der Waals surface area contributed by atoms with Gasteiger partial charge in [-0.1, -0.05) is 0 Å². The summed E-state index contributed by atoms with van der Waals surface area (Å²) in [5.74, 6) is -4.12. The lowest BCUT2D eigenvalue weighted by atomic mass is 10.1. The van der Waals surface area contributed by atoms with E-state index in [1.165, 1.54) is 0 Å². The maximum Gasteiger partial charge on any atom is 0.490 e. The number of rotatable bonds is 2. The third-order valence-corrected chi connectivity index (χ3v) is 2.95. The van der Waals surface area contributed by atoms with E-state index in [1.807, 2.05) is 0 Å². The zero-order valence-corrected chi connectivity index (χ0v) is 10.2. The van der Waals surface area contributed by atoms with E-state index in [0.717, 1.165) is 13.1 Å². The van der Waals surface area contributed by atoms with Crippen LogP contribution in [0.2, 0.25) is 0 Å². The van der Waals surface area contributed by atoms with Gasteiger partial charge in [-0.05, 0) is 0 Å². The summed E-state index contributed by atoms with van der Waals surface area (Å²) in [6.45, 7) is 2.00. The predicted octanol–water partition coefficient (Wildman–Crippen LogP) is -0.475. The van der Waals surface area contributed by atoms with Gasteiger partial charge in [0.05, 0.1) is 12.0 Å². The quantitative estimate of drug-likeness (QED) is 0.636. The van der Waals surface area contributed by atoms with E-state index < -0.39 is 24.0 Å². The minimum Gasteiger partial charge on any atom is -0.481 e. The van der Waals surface area contributed by atoms with Crippen molar-refractivity contribution in [3.8, 4) is 0 Å². The first-order valence-corrected chi connectivity index (χ1v) is 5.66. The van der Waals surface area contributed by atoms with Gasteiger partial charge in [-0.3, -0.25) is 9.59 Å². The Kier molecular flexibility index (Phi) is 4.93. The molecule has 3 N–H and O–H groups in total. The van der Waals surface area contributed by atoms with Crippen LogP contribution in [0, 0.1) is 5.92 Å². The van der Waals surface area contributed by atoms with Crippen LogP contribution in [0.1, 0.15) is 6.42 Å². The molecule has 0 radical (unpaired) electrons. The second kappa shape index (κ2) is 6.07. The highest BCUT2D eigenvalue weighted by Crippen LogP contribution is 2.21. The molecule has 7 nitrogen and oxygen atoms in total. The summed E-state index contributed by atoms with van der Waals surface area (Å²) in [4.78, 5) is 32.6. The fraction of sp³-hybridized carbons (Fsp3) is 0.700. The second-order valence-corrected chi connectivity index (χ2v) is 4.40. The Labute approximate surface area is 111 Å². The van der Waals surface area contributed by atoms with Crippen LogP contribution >= 0.6 is 0 Å². The van der Waals surface area contributed by atoms with E-state index in [0.29, 0.717) is 6.54 Å². The average molecular weight is 298 g/mol. The summed E-state index contributed by atoms with van der Waals surface area (Å²) in [7, 11) is 0. The van der Waals surface area contributed by atoms with E-state index in [-0.39, 0.29) is 18.4 Å². The van der Waals surface area contributed by atoms with Crippen molar-refractivity contribution >= 4 is 17.8 Å². The van der Waals surface area contributed by atoms with E-state index in [9.17, 15) is 22.8 Å². The first-order chi connectivity index (χ1) is 9.12. The van der Waals surface area contributed by atoms with Crippen molar-refractivity contribution in [1.29, 1.82) is 0 Å². The maximum atomic E-state index is 11.4. The van der Waals surface area contributed by atoms with Gasteiger partial charge in [-0.2, -0.15) is 13.2 Å². The monoisotopic (exact) mass is 298 g/mol. The Morgan fingerprint density at radius 2 is 1.75 bits per heavy atom. The van der Waals surface area contributed by atoms with Crippen LogP contribution in [0.25, 0.3) is 0 Å². The molecule has 1 amide bonds. The van der Waals surface area contributed by atoms with Crippen LogP contribution in [-0.4, -0.2) is 64.8 Å². The van der Waals surface area contributed by atoms with Crippen LogP contribution in [0.15, 0.2) is 0 Å². The highest BCUT2D eigenvalue weighted by atomic mass is 19.4. The van der Waals surface area contributed by atoms with Gasteiger partial charge in [-0.25, -0.2) is 4.79 Å². The van der Waals surface area contributed by atoms with Gasteiger partial charge >= 0.3 is 18.1 Å². The van der Waals surface area contributed by atoms with Gasteiger partial charge in [0.1, 0.15) is 0 Å². The summed E-state index contributed by atoms with van der Waals surface area (Å²) in [5.41, 5.74) is 0. The number of carboxylic acids is 2. The lowest BCUT2D eigenvalue weighted by molar-refractivity contribution is -0.192. The number of hydrogen-bond acceptors (Lipinski definition) is 4. The molecule has 2 fully saturated rings. The first-order valence-electron chi connectivity index (χ1n) is 5.66. The first kappa shape index (κ1) is 16.2. The molecule has 0 aromatic heterocycles. The van der Waals surface area contributed by atoms with Gasteiger partial charge in [-0.15, -0.1) is 0 Å². The summed E-state index contributed by atoms with van der Waals surface area (Å²) in [5, 5.41) is 18.9. The zero-order chi connectivity index (χ0) is 15.5. The van der Waals surface area contributed by atoms with Crippen molar-refractivity contribution in [2.45, 2.75) is 18.6 Å². The molecular formula is C10H13F3N2O5. The van der Waals surface area contributed by atoms with Crippen molar-refractivity contribution in [3.05, 3.63) is 0 Å². The number of carboxylic acid groups (broad SMARTS) is 2. The summed E-state index contributed by atoms with van der Waals surface area (Å²) in [6.07, 6.45) is -4.91. The molecular weight excluding hydrogens is 285 g/mol. The Bertz CT molecular complexity index is 408. The van der Waals surface area contributed by atoms with Crippen LogP contribution in [-0.2, 0) is 14.4 Å². The summed E-state index contributed by atoms with van der Waals surface area (Å²) in [6, 6.07) is 0.233. The second-order valence-electron chi connectivity index (χ2n) is 4.40. The number of carbonyl (C=O) groups excluding carboxylic acids is 1. The molecule has 2 aliphatic rings. The van der Waals surface area contributed by atoms with Gasteiger partial charge in [0.15, 0.2) is 0 Å². The largest absolute Gasteiger partial charge is 0.490 e. The van der Waals surface area contributed by atoms with Crippen molar-refractivity contribution in [1.82, 2.24) is 10.2 Å². The third-order valence-electron chi connectivity index (χ3n) is 2.95. The van der Waals surface area contributed by atoms with Crippen LogP contribution in [0.4, 0.5) is 13.2 Å². The molecule has 2 rings (SSSR count). The number of hydrogen-bond donors (Lipinski definition) is 3. The third kappa shape index (κ3) is 4.08. The number of likely N-dealkylation sites (tertiary alicyclic amines) is 1. The van der Waals surface area contributed by atoms with Gasteiger partial charge < -0.3 is 20.4 Å². The molecule has 0 aromatic carbocycles. The number of carbonyl (C=O) groups is 3. The van der Waals surface area contributed by atoms with E-state index in [1.54, 1.807) is 4.90 Å². The lowest BCUT2D eigenvalue weighted by Gasteiger charge is -2.35. The molecule has 114 valence electrons. The van der Waals surface area contributed by atoms with Crippen molar-refractivity contribution in [2.24, 2.45) is 5.92 Å². The number of halogens is 3. The fourth-order valence-corrected chi connectivity index (χ4v) is 1.74. The summed E-state index contributed by atoms with van der Waals surface area (Å²) >= 11 is 0. The van der Waals surface area contributed by atoms with Crippen LogP contribution in [0.5, 0.6) is 0 Å².